The molecular formula is C8H17NS2. The van der Waals surface area contributed by atoms with E-state index in [1.807, 2.05) is 11.8 Å². The highest BCUT2D eigenvalue weighted by molar-refractivity contribution is 7.99. The number of nitrogens with one attached hydrogen (secondary N) is 1. The molecule has 0 amide bonds. The molecule has 0 spiro atoms. The Morgan fingerprint density at radius 1 is 1.73 bits per heavy atom. The Kier molecular flexibility index (Phi) is 4.72. The summed E-state index contributed by atoms with van der Waals surface area (Å²) in [4.78, 5) is 0. The van der Waals surface area contributed by atoms with E-state index < -0.39 is 0 Å². The van der Waals surface area contributed by atoms with E-state index in [0.717, 1.165) is 6.04 Å². The van der Waals surface area contributed by atoms with Gasteiger partial charge in [0.05, 0.1) is 0 Å². The quantitative estimate of drug-likeness (QED) is 0.728. The van der Waals surface area contributed by atoms with Crippen molar-refractivity contribution in [3.05, 3.63) is 0 Å². The summed E-state index contributed by atoms with van der Waals surface area (Å²) in [5, 5.41) is 3.64. The highest BCUT2D eigenvalue weighted by atomic mass is 32.2. The smallest absolute Gasteiger partial charge is 0.0168 e. The first-order valence-corrected chi connectivity index (χ1v) is 6.70. The molecule has 1 rings (SSSR count). The summed E-state index contributed by atoms with van der Waals surface area (Å²) in [5.41, 5.74) is 0. The molecule has 1 fully saturated rings. The topological polar surface area (TPSA) is 12.0 Å². The van der Waals surface area contributed by atoms with Crippen LogP contribution in [0.1, 0.15) is 13.3 Å². The second-order valence-corrected chi connectivity index (χ2v) is 5.14. The molecule has 11 heavy (non-hydrogen) atoms. The fourth-order valence-corrected chi connectivity index (χ4v) is 3.13. The lowest BCUT2D eigenvalue weighted by molar-refractivity contribution is 0.502. The molecule has 66 valence electrons. The van der Waals surface area contributed by atoms with Gasteiger partial charge in [0.1, 0.15) is 0 Å². The average Bonchev–Trinajstić information content (AvgIpc) is 2.40. The van der Waals surface area contributed by atoms with Gasteiger partial charge in [-0.05, 0) is 25.4 Å². The van der Waals surface area contributed by atoms with E-state index in [4.69, 9.17) is 0 Å². The van der Waals surface area contributed by atoms with E-state index in [2.05, 4.69) is 30.3 Å². The summed E-state index contributed by atoms with van der Waals surface area (Å²) >= 11 is 4.00. The lowest BCUT2D eigenvalue weighted by atomic mass is 10.2. The average molecular weight is 191 g/mol. The zero-order valence-corrected chi connectivity index (χ0v) is 8.93. The van der Waals surface area contributed by atoms with Gasteiger partial charge < -0.3 is 5.32 Å². The molecular weight excluding hydrogens is 174 g/mol. The van der Waals surface area contributed by atoms with Crippen LogP contribution in [0.25, 0.3) is 0 Å². The molecule has 0 aromatic carbocycles. The highest BCUT2D eigenvalue weighted by Gasteiger charge is 2.16. The van der Waals surface area contributed by atoms with Crippen molar-refractivity contribution in [2.75, 3.05) is 23.5 Å². The predicted molar refractivity (Wildman–Crippen MR) is 56.7 cm³/mol. The van der Waals surface area contributed by atoms with Crippen molar-refractivity contribution in [3.8, 4) is 0 Å². The Morgan fingerprint density at radius 3 is 3.09 bits per heavy atom. The summed E-state index contributed by atoms with van der Waals surface area (Å²) < 4.78 is 0. The van der Waals surface area contributed by atoms with Gasteiger partial charge in [0.15, 0.2) is 0 Å². The minimum absolute atomic E-state index is 0.689. The normalized spacial score (nSPS) is 27.3. The van der Waals surface area contributed by atoms with Crippen molar-refractivity contribution < 1.29 is 0 Å². The summed E-state index contributed by atoms with van der Waals surface area (Å²) in [7, 11) is 0. The maximum Gasteiger partial charge on any atom is 0.0168 e. The second kappa shape index (κ2) is 5.33. The molecule has 0 bridgehead atoms. The zero-order valence-electron chi connectivity index (χ0n) is 7.30. The van der Waals surface area contributed by atoms with Crippen LogP contribution in [0.5, 0.6) is 0 Å². The minimum Gasteiger partial charge on any atom is -0.310 e. The Balaban J connectivity index is 2.08. The molecule has 0 aromatic heterocycles. The fourth-order valence-electron chi connectivity index (χ4n) is 1.37. The van der Waals surface area contributed by atoms with Crippen LogP contribution in [-0.2, 0) is 0 Å². The van der Waals surface area contributed by atoms with Crippen molar-refractivity contribution in [2.45, 2.75) is 25.4 Å². The fraction of sp³-hybridized carbons (Fsp3) is 1.00. The van der Waals surface area contributed by atoms with Crippen LogP contribution in [0.3, 0.4) is 0 Å². The third kappa shape index (κ3) is 3.72. The number of thioether (sulfide) groups is 2. The third-order valence-electron chi connectivity index (χ3n) is 1.87. The summed E-state index contributed by atoms with van der Waals surface area (Å²) in [6, 6.07) is 1.48. The Morgan fingerprint density at radius 2 is 2.55 bits per heavy atom. The third-order valence-corrected chi connectivity index (χ3v) is 3.86. The van der Waals surface area contributed by atoms with Crippen LogP contribution in [-0.4, -0.2) is 35.6 Å². The number of hydrogen-bond acceptors (Lipinski definition) is 3. The van der Waals surface area contributed by atoms with Crippen molar-refractivity contribution in [1.82, 2.24) is 5.32 Å². The van der Waals surface area contributed by atoms with Gasteiger partial charge in [0, 0.05) is 23.6 Å². The molecule has 2 unspecified atom stereocenters. The predicted octanol–water partition coefficient (Wildman–Crippen LogP) is 1.83. The van der Waals surface area contributed by atoms with Gasteiger partial charge in [0.25, 0.3) is 0 Å². The SMILES string of the molecule is CSCC(C)NC1CCSC1. The molecule has 1 saturated heterocycles. The van der Waals surface area contributed by atoms with E-state index in [9.17, 15) is 0 Å². The van der Waals surface area contributed by atoms with Crippen molar-refractivity contribution in [1.29, 1.82) is 0 Å². The van der Waals surface area contributed by atoms with E-state index >= 15 is 0 Å². The van der Waals surface area contributed by atoms with Crippen molar-refractivity contribution >= 4 is 23.5 Å². The first kappa shape index (κ1) is 9.75. The molecule has 1 nitrogen and oxygen atoms in total. The van der Waals surface area contributed by atoms with Gasteiger partial charge in [-0.1, -0.05) is 0 Å². The summed E-state index contributed by atoms with van der Waals surface area (Å²) in [6.07, 6.45) is 3.53. The van der Waals surface area contributed by atoms with E-state index in [0.29, 0.717) is 6.04 Å². The lowest BCUT2D eigenvalue weighted by Gasteiger charge is -2.17. The van der Waals surface area contributed by atoms with E-state index in [1.165, 1.54) is 23.7 Å². The Labute approximate surface area is 78.1 Å². The van der Waals surface area contributed by atoms with E-state index in [1.54, 1.807) is 0 Å². The maximum absolute atomic E-state index is 3.64. The van der Waals surface area contributed by atoms with Crippen LogP contribution in [0, 0.1) is 0 Å². The van der Waals surface area contributed by atoms with Crippen LogP contribution in [0.4, 0.5) is 0 Å². The molecule has 0 radical (unpaired) electrons. The van der Waals surface area contributed by atoms with Crippen molar-refractivity contribution in [3.63, 3.8) is 0 Å². The van der Waals surface area contributed by atoms with Gasteiger partial charge in [-0.3, -0.25) is 0 Å². The summed E-state index contributed by atoms with van der Waals surface area (Å²) in [6.45, 7) is 2.28. The molecule has 2 atom stereocenters. The second-order valence-electron chi connectivity index (χ2n) is 3.08. The molecule has 0 saturated carbocycles. The molecule has 3 heteroatoms. The van der Waals surface area contributed by atoms with Crippen LogP contribution in [0.2, 0.25) is 0 Å². The number of hydrogen-bond donors (Lipinski definition) is 1. The standard InChI is InChI=1S/C8H17NS2/c1-7(5-10-2)9-8-3-4-11-6-8/h7-9H,3-6H2,1-2H3. The van der Waals surface area contributed by atoms with Gasteiger partial charge in [-0.2, -0.15) is 23.5 Å². The molecule has 1 N–H and O–H groups in total. The first-order chi connectivity index (χ1) is 5.33. The molecule has 1 heterocycles. The highest BCUT2D eigenvalue weighted by Crippen LogP contribution is 2.17. The van der Waals surface area contributed by atoms with Crippen molar-refractivity contribution in [2.24, 2.45) is 0 Å². The van der Waals surface area contributed by atoms with Crippen LogP contribution < -0.4 is 5.32 Å². The zero-order chi connectivity index (χ0) is 8.10. The maximum atomic E-state index is 3.64. The largest absolute Gasteiger partial charge is 0.310 e. The monoisotopic (exact) mass is 191 g/mol. The van der Waals surface area contributed by atoms with Gasteiger partial charge in [-0.25, -0.2) is 0 Å². The summed E-state index contributed by atoms with van der Waals surface area (Å²) in [5.74, 6) is 3.91. The molecule has 1 aliphatic rings. The van der Waals surface area contributed by atoms with Crippen LogP contribution in [0.15, 0.2) is 0 Å². The molecule has 0 aromatic rings. The Bertz CT molecular complexity index is 102. The van der Waals surface area contributed by atoms with Gasteiger partial charge >= 0.3 is 0 Å². The first-order valence-electron chi connectivity index (χ1n) is 4.15. The van der Waals surface area contributed by atoms with Gasteiger partial charge in [-0.15, -0.1) is 0 Å². The number of rotatable bonds is 4. The van der Waals surface area contributed by atoms with Gasteiger partial charge in [0.2, 0.25) is 0 Å². The Hall–Kier alpha value is 0.660. The van der Waals surface area contributed by atoms with Crippen LogP contribution >= 0.6 is 23.5 Å². The minimum atomic E-state index is 0.689. The lowest BCUT2D eigenvalue weighted by Crippen LogP contribution is -2.37. The molecule has 0 aliphatic carbocycles. The van der Waals surface area contributed by atoms with E-state index in [-0.39, 0.29) is 0 Å². The molecule has 1 aliphatic heterocycles.